The van der Waals surface area contributed by atoms with Gasteiger partial charge in [0.25, 0.3) is 0 Å². The van der Waals surface area contributed by atoms with E-state index in [0.29, 0.717) is 0 Å². The molecule has 0 spiro atoms. The molecule has 3 nitrogen and oxygen atoms in total. The Morgan fingerprint density at radius 2 is 0.609 bits per heavy atom. The summed E-state index contributed by atoms with van der Waals surface area (Å²) < 4.78 is 6.90. The molecule has 69 heavy (non-hydrogen) atoms. The maximum absolute atomic E-state index is 6.90. The third kappa shape index (κ3) is 7.82. The fourth-order valence-electron chi connectivity index (χ4n) is 9.87. The average Bonchev–Trinajstić information content (AvgIpc) is 3.81. The van der Waals surface area contributed by atoms with Crippen LogP contribution in [-0.2, 0) is 0 Å². The number of benzene rings is 11. The van der Waals surface area contributed by atoms with E-state index in [1.807, 2.05) is 0 Å². The maximum Gasteiger partial charge on any atom is 0.143 e. The Morgan fingerprint density at radius 1 is 0.232 bits per heavy atom. The lowest BCUT2D eigenvalue weighted by atomic mass is 9.95. The molecule has 0 unspecified atom stereocenters. The first-order valence-electron chi connectivity index (χ1n) is 23.5. The number of hydrogen-bond donors (Lipinski definition) is 0. The van der Waals surface area contributed by atoms with Crippen LogP contribution in [0.1, 0.15) is 0 Å². The van der Waals surface area contributed by atoms with Gasteiger partial charge in [-0.15, -0.1) is 0 Å². The summed E-state index contributed by atoms with van der Waals surface area (Å²) >= 11 is 0. The Labute approximate surface area is 403 Å². The van der Waals surface area contributed by atoms with Crippen molar-refractivity contribution in [3.63, 3.8) is 0 Å². The molecule has 0 atom stereocenters. The van der Waals surface area contributed by atoms with Crippen molar-refractivity contribution in [2.75, 3.05) is 9.80 Å². The van der Waals surface area contributed by atoms with Gasteiger partial charge in [0.05, 0.1) is 22.7 Å². The molecular weight excluding hydrogens is 837 g/mol. The maximum atomic E-state index is 6.90. The van der Waals surface area contributed by atoms with E-state index in [1.165, 1.54) is 5.56 Å². The zero-order valence-corrected chi connectivity index (χ0v) is 37.9. The van der Waals surface area contributed by atoms with Gasteiger partial charge in [0.1, 0.15) is 11.2 Å². The van der Waals surface area contributed by atoms with Crippen LogP contribution in [0, 0.1) is 0 Å². The largest absolute Gasteiger partial charge is 0.455 e. The monoisotopic (exact) mass is 882 g/mol. The molecule has 0 amide bonds. The molecule has 0 fully saturated rings. The predicted octanol–water partition coefficient (Wildman–Crippen LogP) is 18.9. The van der Waals surface area contributed by atoms with E-state index >= 15 is 0 Å². The fourth-order valence-corrected chi connectivity index (χ4v) is 9.87. The molecule has 0 N–H and O–H groups in total. The minimum absolute atomic E-state index is 0.830. The van der Waals surface area contributed by atoms with Crippen molar-refractivity contribution in [1.29, 1.82) is 0 Å². The van der Waals surface area contributed by atoms with E-state index in [9.17, 15) is 0 Å². The minimum atomic E-state index is 0.830. The van der Waals surface area contributed by atoms with Gasteiger partial charge >= 0.3 is 0 Å². The zero-order valence-electron chi connectivity index (χ0n) is 37.9. The highest BCUT2D eigenvalue weighted by molar-refractivity contribution is 6.11. The molecule has 0 aliphatic carbocycles. The smallest absolute Gasteiger partial charge is 0.143 e. The first-order valence-corrected chi connectivity index (χ1v) is 23.5. The molecule has 12 rings (SSSR count). The van der Waals surface area contributed by atoms with Gasteiger partial charge in [-0.3, -0.25) is 0 Å². The van der Waals surface area contributed by atoms with Crippen molar-refractivity contribution in [3.05, 3.63) is 279 Å². The molecule has 1 aromatic heterocycles. The van der Waals surface area contributed by atoms with Gasteiger partial charge in [-0.1, -0.05) is 224 Å². The van der Waals surface area contributed by atoms with E-state index in [1.54, 1.807) is 0 Å². The number of fused-ring (bicyclic) bond motifs is 3. The van der Waals surface area contributed by atoms with Gasteiger partial charge in [0, 0.05) is 56.0 Å². The van der Waals surface area contributed by atoms with Crippen molar-refractivity contribution >= 4 is 56.1 Å². The van der Waals surface area contributed by atoms with Crippen LogP contribution in [0.2, 0.25) is 0 Å². The van der Waals surface area contributed by atoms with Crippen LogP contribution < -0.4 is 9.80 Å². The van der Waals surface area contributed by atoms with E-state index in [2.05, 4.69) is 289 Å². The Kier molecular flexibility index (Phi) is 10.9. The summed E-state index contributed by atoms with van der Waals surface area (Å²) in [6.07, 6.45) is 0. The van der Waals surface area contributed by atoms with Crippen molar-refractivity contribution in [1.82, 2.24) is 0 Å². The summed E-state index contributed by atoms with van der Waals surface area (Å²) in [5, 5.41) is 2.17. The molecule has 0 radical (unpaired) electrons. The van der Waals surface area contributed by atoms with Crippen LogP contribution in [0.25, 0.3) is 77.6 Å². The van der Waals surface area contributed by atoms with E-state index in [-0.39, 0.29) is 0 Å². The number of anilines is 6. The molecule has 0 saturated carbocycles. The summed E-state index contributed by atoms with van der Waals surface area (Å²) in [5.74, 6) is 0. The highest BCUT2D eigenvalue weighted by Gasteiger charge is 2.26. The summed E-state index contributed by atoms with van der Waals surface area (Å²) in [5.41, 5.74) is 19.2. The van der Waals surface area contributed by atoms with Gasteiger partial charge in [-0.05, 0) is 76.3 Å². The zero-order chi connectivity index (χ0) is 45.9. The van der Waals surface area contributed by atoms with Crippen molar-refractivity contribution in [2.45, 2.75) is 0 Å². The van der Waals surface area contributed by atoms with Gasteiger partial charge in [0.15, 0.2) is 0 Å². The predicted molar refractivity (Wildman–Crippen MR) is 290 cm³/mol. The van der Waals surface area contributed by atoms with Crippen LogP contribution in [0.3, 0.4) is 0 Å². The van der Waals surface area contributed by atoms with Crippen LogP contribution >= 0.6 is 0 Å². The number of para-hydroxylation sites is 5. The Morgan fingerprint density at radius 3 is 1.13 bits per heavy atom. The number of nitrogens with zero attached hydrogens (tertiary/aromatic N) is 2. The van der Waals surface area contributed by atoms with Crippen LogP contribution in [0.15, 0.2) is 283 Å². The lowest BCUT2D eigenvalue weighted by molar-refractivity contribution is 0.670. The van der Waals surface area contributed by atoms with E-state index in [0.717, 1.165) is 106 Å². The number of rotatable bonds is 11. The summed E-state index contributed by atoms with van der Waals surface area (Å²) in [4.78, 5) is 4.84. The molecule has 0 aliphatic heterocycles. The molecule has 326 valence electrons. The van der Waals surface area contributed by atoms with Gasteiger partial charge in [-0.2, -0.15) is 0 Å². The van der Waals surface area contributed by atoms with Gasteiger partial charge < -0.3 is 14.2 Å². The standard InChI is InChI=1S/C66H46N2O/c1-5-22-47(23-6-1)48-40-42-52(43-41-48)67(53-44-45-59-60-35-21-34-56(51-28-11-4-12-29-51)66(60)69-65(59)46-53)63-38-19-15-32-57(63)58-33-16-20-39-64(58)68(61-36-17-13-30-54(61)49-24-7-2-8-25-49)62-37-18-14-31-55(62)50-26-9-3-10-27-50/h1-46H. The highest BCUT2D eigenvalue weighted by atomic mass is 16.3. The summed E-state index contributed by atoms with van der Waals surface area (Å²) in [7, 11) is 0. The lowest BCUT2D eigenvalue weighted by Gasteiger charge is -2.33. The second-order valence-electron chi connectivity index (χ2n) is 17.2. The fraction of sp³-hybridized carbons (Fsp3) is 0. The summed E-state index contributed by atoms with van der Waals surface area (Å²) in [6.45, 7) is 0. The van der Waals surface area contributed by atoms with E-state index in [4.69, 9.17) is 4.42 Å². The molecule has 1 heterocycles. The number of furan rings is 1. The number of hydrogen-bond acceptors (Lipinski definition) is 3. The normalized spacial score (nSPS) is 11.2. The van der Waals surface area contributed by atoms with Crippen LogP contribution in [0.4, 0.5) is 34.1 Å². The van der Waals surface area contributed by atoms with Crippen LogP contribution in [-0.4, -0.2) is 0 Å². The molecule has 11 aromatic carbocycles. The summed E-state index contributed by atoms with van der Waals surface area (Å²) in [6, 6.07) is 99.7. The quantitative estimate of drug-likeness (QED) is 0.129. The second kappa shape index (κ2) is 18.2. The topological polar surface area (TPSA) is 19.6 Å². The highest BCUT2D eigenvalue weighted by Crippen LogP contribution is 2.50. The first-order chi connectivity index (χ1) is 34.3. The minimum Gasteiger partial charge on any atom is -0.455 e. The second-order valence-corrected chi connectivity index (χ2v) is 17.2. The average molecular weight is 883 g/mol. The molecular formula is C66H46N2O. The molecule has 0 aliphatic rings. The molecule has 12 aromatic rings. The molecule has 0 bridgehead atoms. The lowest BCUT2D eigenvalue weighted by Crippen LogP contribution is -2.15. The van der Waals surface area contributed by atoms with E-state index < -0.39 is 0 Å². The molecule has 3 heteroatoms. The Hall–Kier alpha value is -9.18. The van der Waals surface area contributed by atoms with Crippen molar-refractivity contribution in [2.24, 2.45) is 0 Å². The molecule has 0 saturated heterocycles. The first kappa shape index (κ1) is 41.3. The van der Waals surface area contributed by atoms with Crippen molar-refractivity contribution in [3.8, 4) is 55.6 Å². The third-order valence-electron chi connectivity index (χ3n) is 13.1. The van der Waals surface area contributed by atoms with Gasteiger partial charge in [0.2, 0.25) is 0 Å². The van der Waals surface area contributed by atoms with Crippen molar-refractivity contribution < 1.29 is 4.42 Å². The van der Waals surface area contributed by atoms with Crippen LogP contribution in [0.5, 0.6) is 0 Å². The SMILES string of the molecule is c1ccc(-c2ccc(N(c3ccc4c(c3)oc3c(-c5ccccc5)cccc34)c3ccccc3-c3ccccc3N(c3ccccc3-c3ccccc3)c3ccccc3-c3ccccc3)cc2)cc1. The Bertz CT molecular complexity index is 3630. The Balaban J connectivity index is 1.08. The van der Waals surface area contributed by atoms with Gasteiger partial charge in [-0.25, -0.2) is 0 Å². The third-order valence-corrected chi connectivity index (χ3v) is 13.1.